The van der Waals surface area contributed by atoms with Crippen LogP contribution in [0, 0.1) is 11.8 Å². The van der Waals surface area contributed by atoms with Crippen molar-refractivity contribution in [3.63, 3.8) is 0 Å². The normalized spacial score (nSPS) is 17.0. The highest BCUT2D eigenvalue weighted by Gasteiger charge is 2.20. The molecule has 0 amide bonds. The summed E-state index contributed by atoms with van der Waals surface area (Å²) in [5.74, 6) is 2.08. The maximum Gasteiger partial charge on any atom is 0.127 e. The minimum Gasteiger partial charge on any atom is -0.490 e. The zero-order valence-electron chi connectivity index (χ0n) is 24.2. The molecule has 2 atom stereocenters. The van der Waals surface area contributed by atoms with E-state index in [9.17, 15) is 0 Å². The third kappa shape index (κ3) is 7.61. The second kappa shape index (κ2) is 14.2. The third-order valence-electron chi connectivity index (χ3n) is 7.51. The molecule has 2 aromatic carbocycles. The van der Waals surface area contributed by atoms with Gasteiger partial charge in [-0.1, -0.05) is 77.5 Å². The smallest absolute Gasteiger partial charge is 0.127 e. The van der Waals surface area contributed by atoms with E-state index in [2.05, 4.69) is 119 Å². The van der Waals surface area contributed by atoms with E-state index in [0.29, 0.717) is 11.8 Å². The van der Waals surface area contributed by atoms with E-state index in [1.807, 2.05) is 7.05 Å². The quantitative estimate of drug-likeness (QED) is 0.278. The number of allylic oxidation sites excluding steroid dienone is 5. The van der Waals surface area contributed by atoms with E-state index < -0.39 is 0 Å². The number of ether oxygens (including phenoxy) is 1. The van der Waals surface area contributed by atoms with E-state index in [-0.39, 0.29) is 6.10 Å². The number of fused-ring (bicyclic) bond motifs is 1. The third-order valence-corrected chi connectivity index (χ3v) is 7.51. The number of rotatable bonds is 13. The summed E-state index contributed by atoms with van der Waals surface area (Å²) in [5.41, 5.74) is 5.09. The van der Waals surface area contributed by atoms with Crippen LogP contribution in [0.5, 0.6) is 5.75 Å². The Balaban J connectivity index is 2.07. The van der Waals surface area contributed by atoms with Crippen LogP contribution in [-0.4, -0.2) is 24.6 Å². The van der Waals surface area contributed by atoms with Crippen LogP contribution in [0.25, 0.3) is 16.5 Å². The molecule has 0 aliphatic carbocycles. The first-order valence-electron chi connectivity index (χ1n) is 14.3. The number of nitrogens with zero attached hydrogens (tertiary/aromatic N) is 1. The van der Waals surface area contributed by atoms with Gasteiger partial charge in [-0.2, -0.15) is 0 Å². The lowest BCUT2D eigenvalue weighted by Crippen LogP contribution is -2.22. The maximum atomic E-state index is 6.80. The first-order valence-corrected chi connectivity index (χ1v) is 14.3. The minimum absolute atomic E-state index is 0.222. The highest BCUT2D eigenvalue weighted by atomic mass is 16.5. The monoisotopic (exact) mass is 500 g/mol. The van der Waals surface area contributed by atoms with E-state index in [1.165, 1.54) is 39.7 Å². The van der Waals surface area contributed by atoms with Crippen molar-refractivity contribution in [1.82, 2.24) is 10.2 Å². The fourth-order valence-corrected chi connectivity index (χ4v) is 4.89. The maximum absolute atomic E-state index is 6.80. The summed E-state index contributed by atoms with van der Waals surface area (Å²) >= 11 is 0. The molecule has 1 aliphatic heterocycles. The summed E-state index contributed by atoms with van der Waals surface area (Å²) in [6, 6.07) is 13.3. The second-order valence-corrected chi connectivity index (χ2v) is 10.7. The molecule has 0 saturated carbocycles. The number of nitrogens with one attached hydrogen (secondary N) is 1. The van der Waals surface area contributed by atoms with Gasteiger partial charge in [0.15, 0.2) is 0 Å². The average Bonchev–Trinajstić information content (AvgIpc) is 2.90. The van der Waals surface area contributed by atoms with Gasteiger partial charge in [-0.05, 0) is 98.8 Å². The zero-order chi connectivity index (χ0) is 26.8. The van der Waals surface area contributed by atoms with Crippen molar-refractivity contribution < 1.29 is 4.74 Å². The molecule has 3 heteroatoms. The number of benzene rings is 2. The van der Waals surface area contributed by atoms with Gasteiger partial charge in [0.1, 0.15) is 5.75 Å². The molecule has 0 radical (unpaired) electrons. The van der Waals surface area contributed by atoms with E-state index in [1.54, 1.807) is 0 Å². The Morgan fingerprint density at radius 3 is 2.59 bits per heavy atom. The molecule has 3 rings (SSSR count). The molecule has 200 valence electrons. The molecule has 0 aromatic heterocycles. The molecular formula is C34H48N2O. The van der Waals surface area contributed by atoms with Crippen molar-refractivity contribution in [2.75, 3.05) is 13.6 Å². The van der Waals surface area contributed by atoms with Crippen molar-refractivity contribution >= 4 is 16.5 Å². The van der Waals surface area contributed by atoms with Crippen LogP contribution in [0.2, 0.25) is 0 Å². The Kier molecular flexibility index (Phi) is 11.1. The first kappa shape index (κ1) is 28.8. The molecule has 0 saturated heterocycles. The lowest BCUT2D eigenvalue weighted by molar-refractivity contribution is 0.159. The summed E-state index contributed by atoms with van der Waals surface area (Å²) in [6.07, 6.45) is 16.6. The van der Waals surface area contributed by atoms with Crippen LogP contribution in [0.3, 0.4) is 0 Å². The number of hydrogen-bond acceptors (Lipinski definition) is 3. The fourth-order valence-electron chi connectivity index (χ4n) is 4.89. The van der Waals surface area contributed by atoms with E-state index >= 15 is 0 Å². The Morgan fingerprint density at radius 2 is 1.89 bits per heavy atom. The zero-order valence-corrected chi connectivity index (χ0v) is 24.2. The minimum atomic E-state index is 0.222. The van der Waals surface area contributed by atoms with Gasteiger partial charge in [0.2, 0.25) is 0 Å². The van der Waals surface area contributed by atoms with Gasteiger partial charge in [-0.15, -0.1) is 0 Å². The molecule has 0 spiro atoms. The summed E-state index contributed by atoms with van der Waals surface area (Å²) < 4.78 is 6.80. The molecular weight excluding hydrogens is 452 g/mol. The van der Waals surface area contributed by atoms with Crippen LogP contribution in [-0.2, 0) is 0 Å². The molecule has 1 aliphatic rings. The molecule has 0 fully saturated rings. The van der Waals surface area contributed by atoms with Crippen LogP contribution in [0.15, 0.2) is 78.2 Å². The van der Waals surface area contributed by atoms with Gasteiger partial charge in [0, 0.05) is 17.3 Å². The first-order chi connectivity index (χ1) is 17.9. The highest BCUT2D eigenvalue weighted by Crippen LogP contribution is 2.36. The summed E-state index contributed by atoms with van der Waals surface area (Å²) in [5, 5.41) is 5.70. The molecule has 2 aromatic rings. The second-order valence-electron chi connectivity index (χ2n) is 10.7. The van der Waals surface area contributed by atoms with Crippen LogP contribution in [0.4, 0.5) is 0 Å². The van der Waals surface area contributed by atoms with Crippen molar-refractivity contribution in [1.29, 1.82) is 0 Å². The molecule has 1 N–H and O–H groups in total. The van der Waals surface area contributed by atoms with Gasteiger partial charge in [-0.3, -0.25) is 0 Å². The van der Waals surface area contributed by atoms with Gasteiger partial charge < -0.3 is 15.0 Å². The summed E-state index contributed by atoms with van der Waals surface area (Å²) in [7, 11) is 2.02. The number of hydrogen-bond donors (Lipinski definition) is 1. The SMILES string of the molecule is CCC=C1C=CC=CN1C(=C(C)C(C)C)c1ccc2cccc(OC(CCCNC)CC(C)CC)c2c1. The molecule has 0 bridgehead atoms. The molecule has 37 heavy (non-hydrogen) atoms. The van der Waals surface area contributed by atoms with E-state index in [0.717, 1.165) is 38.0 Å². The topological polar surface area (TPSA) is 24.5 Å². The Bertz CT molecular complexity index is 1140. The Morgan fingerprint density at radius 1 is 1.08 bits per heavy atom. The highest BCUT2D eigenvalue weighted by molar-refractivity contribution is 5.91. The van der Waals surface area contributed by atoms with Gasteiger partial charge in [0.05, 0.1) is 11.8 Å². The Labute approximate surface area is 226 Å². The predicted octanol–water partition coefficient (Wildman–Crippen LogP) is 9.09. The standard InChI is InChI=1S/C34H48N2O/c1-8-14-30-16-10-11-22-36(30)34(27(6)25(3)4)29-20-19-28-15-12-18-33(32(28)24-29)37-31(17-13-21-35-7)23-26(5)9-2/h10-12,14-16,18-20,22,24-26,31,35H,8-9,13,17,21,23H2,1-7H3. The lowest BCUT2D eigenvalue weighted by Gasteiger charge is -2.30. The molecule has 2 unspecified atom stereocenters. The lowest BCUT2D eigenvalue weighted by atomic mass is 9.95. The van der Waals surface area contributed by atoms with Gasteiger partial charge in [-0.25, -0.2) is 0 Å². The predicted molar refractivity (Wildman–Crippen MR) is 162 cm³/mol. The van der Waals surface area contributed by atoms with Crippen LogP contribution < -0.4 is 10.1 Å². The van der Waals surface area contributed by atoms with Crippen molar-refractivity contribution in [2.24, 2.45) is 11.8 Å². The molecule has 1 heterocycles. The fraction of sp³-hybridized carbons (Fsp3) is 0.471. The summed E-state index contributed by atoms with van der Waals surface area (Å²) in [4.78, 5) is 2.35. The van der Waals surface area contributed by atoms with E-state index in [4.69, 9.17) is 4.74 Å². The van der Waals surface area contributed by atoms with Crippen LogP contribution in [0.1, 0.15) is 79.2 Å². The largest absolute Gasteiger partial charge is 0.490 e. The van der Waals surface area contributed by atoms with Gasteiger partial charge in [0.25, 0.3) is 0 Å². The Hall–Kier alpha value is -2.78. The molecule has 3 nitrogen and oxygen atoms in total. The van der Waals surface area contributed by atoms with Crippen molar-refractivity contribution in [2.45, 2.75) is 79.8 Å². The van der Waals surface area contributed by atoms with Gasteiger partial charge >= 0.3 is 0 Å². The van der Waals surface area contributed by atoms with Crippen molar-refractivity contribution in [3.8, 4) is 5.75 Å². The average molecular weight is 501 g/mol. The van der Waals surface area contributed by atoms with Crippen LogP contribution >= 0.6 is 0 Å². The van der Waals surface area contributed by atoms with Crippen molar-refractivity contribution in [3.05, 3.63) is 83.7 Å². The summed E-state index contributed by atoms with van der Waals surface area (Å²) in [6.45, 7) is 14.7.